The lowest BCUT2D eigenvalue weighted by molar-refractivity contribution is -0.216. The molecule has 0 aromatic rings. The average Bonchev–Trinajstić information content (AvgIpc) is 3.19. The van der Waals surface area contributed by atoms with E-state index in [0.717, 1.165) is 82.8 Å². The Hall–Kier alpha value is -0.980. The minimum atomic E-state index is -5.36. The van der Waals surface area contributed by atoms with Crippen LogP contribution >= 0.6 is 27.4 Å². The molecule has 0 saturated heterocycles. The van der Waals surface area contributed by atoms with Crippen molar-refractivity contribution in [3.8, 4) is 0 Å². The first kappa shape index (κ1) is 57.0. The molecule has 1 saturated carbocycles. The molecule has 0 radical (unpaired) electrons. The Bertz CT molecular complexity index is 1260. The minimum Gasteiger partial charge on any atom is -0.462 e. The van der Waals surface area contributed by atoms with Gasteiger partial charge in [-0.2, -0.15) is 0 Å². The summed E-state index contributed by atoms with van der Waals surface area (Å²) in [4.78, 5) is 65.7. The molecule has 1 rings (SSSR count). The van der Waals surface area contributed by atoms with Crippen LogP contribution in [-0.2, 0) is 46.6 Å². The predicted octanol–water partition coefficient (Wildman–Crippen LogP) is 6.93. The van der Waals surface area contributed by atoms with Gasteiger partial charge in [-0.15, -0.1) is 0 Å². The maximum Gasteiger partial charge on any atom is 0.472 e. The Morgan fingerprint density at radius 2 is 0.983 bits per heavy atom. The third kappa shape index (κ3) is 27.9. The number of phosphoric acid groups is 2. The van der Waals surface area contributed by atoms with Crippen LogP contribution in [0.3, 0.4) is 0 Å². The highest BCUT2D eigenvalue weighted by Gasteiger charge is 2.54. The van der Waals surface area contributed by atoms with E-state index in [1.54, 1.807) is 0 Å². The van der Waals surface area contributed by atoms with Crippen molar-refractivity contribution in [3.05, 3.63) is 0 Å². The number of esters is 2. The summed E-state index contributed by atoms with van der Waals surface area (Å²) in [5.41, 5.74) is 0. The molecule has 1 fully saturated rings. The van der Waals surface area contributed by atoms with Crippen LogP contribution in [0.1, 0.15) is 174 Å². The first-order valence-electron chi connectivity index (χ1n) is 22.1. The molecule has 0 amide bonds. The van der Waals surface area contributed by atoms with Gasteiger partial charge in [-0.1, -0.05) is 141 Å². The third-order valence-electron chi connectivity index (χ3n) is 10.2. The lowest BCUT2D eigenvalue weighted by Gasteiger charge is -2.43. The van der Waals surface area contributed by atoms with Crippen molar-refractivity contribution in [3.63, 3.8) is 0 Å². The summed E-state index contributed by atoms with van der Waals surface area (Å²) in [5, 5.41) is 41.4. The van der Waals surface area contributed by atoms with Crippen molar-refractivity contribution in [2.45, 2.75) is 217 Å². The van der Waals surface area contributed by atoms with Crippen molar-refractivity contribution in [1.82, 2.24) is 0 Å². The average molecular weight is 923 g/mol. The molecular weight excluding hydrogens is 846 g/mol. The second-order valence-electron chi connectivity index (χ2n) is 15.7. The Kier molecular flexibility index (Phi) is 31.9. The molecule has 7 N–H and O–H groups in total. The fourth-order valence-electron chi connectivity index (χ4n) is 6.75. The van der Waals surface area contributed by atoms with Gasteiger partial charge in [0.05, 0.1) is 6.61 Å². The van der Waals surface area contributed by atoms with Gasteiger partial charge >= 0.3 is 27.6 Å². The summed E-state index contributed by atoms with van der Waals surface area (Å²) in [5.74, 6) is -0.387. The summed E-state index contributed by atoms with van der Waals surface area (Å²) in [7, 11) is -10.7. The second-order valence-corrected chi connectivity index (χ2v) is 19.4. The molecule has 8 atom stereocenters. The fraction of sp³-hybridized carbons (Fsp3) is 0.925. The van der Waals surface area contributed by atoms with Crippen LogP contribution in [0.4, 0.5) is 0 Å². The van der Waals surface area contributed by atoms with Crippen molar-refractivity contribution in [2.24, 2.45) is 0 Å². The maximum absolute atomic E-state index is 12.9. The molecule has 17 nitrogen and oxygen atoms in total. The number of unbranched alkanes of at least 4 members (excludes halogenated alkanes) is 19. The van der Waals surface area contributed by atoms with Crippen LogP contribution in [0, 0.1) is 0 Å². The van der Waals surface area contributed by atoms with Crippen molar-refractivity contribution >= 4 is 44.5 Å². The van der Waals surface area contributed by atoms with Gasteiger partial charge in [0.2, 0.25) is 0 Å². The van der Waals surface area contributed by atoms with Gasteiger partial charge < -0.3 is 44.6 Å². The Morgan fingerprint density at radius 3 is 1.47 bits per heavy atom. The number of hydrogen-bond acceptors (Lipinski definition) is 15. The summed E-state index contributed by atoms with van der Waals surface area (Å²) < 4.78 is 49.2. The second kappa shape index (κ2) is 33.5. The van der Waals surface area contributed by atoms with Gasteiger partial charge in [0.15, 0.2) is 11.2 Å². The molecule has 0 aliphatic heterocycles. The number of aliphatic hydroxyl groups excluding tert-OH is 4. The smallest absolute Gasteiger partial charge is 0.462 e. The van der Waals surface area contributed by atoms with Crippen LogP contribution in [0.5, 0.6) is 0 Å². The number of ether oxygens (including phenoxy) is 2. The molecule has 354 valence electrons. The lowest BCUT2D eigenvalue weighted by Crippen LogP contribution is -2.64. The van der Waals surface area contributed by atoms with Crippen molar-refractivity contribution < 1.29 is 81.7 Å². The Morgan fingerprint density at radius 1 is 0.533 bits per heavy atom. The molecule has 0 aromatic heterocycles. The molecule has 0 bridgehead atoms. The molecule has 4 unspecified atom stereocenters. The van der Waals surface area contributed by atoms with Gasteiger partial charge in [-0.3, -0.25) is 28.0 Å². The third-order valence-corrected chi connectivity index (χ3v) is 12.7. The van der Waals surface area contributed by atoms with E-state index in [-0.39, 0.29) is 18.0 Å². The van der Waals surface area contributed by atoms with Gasteiger partial charge in [-0.05, 0) is 25.7 Å². The van der Waals surface area contributed by atoms with Crippen LogP contribution in [-0.4, -0.2) is 114 Å². The van der Waals surface area contributed by atoms with E-state index in [1.165, 1.54) is 63.1 Å². The van der Waals surface area contributed by atoms with Gasteiger partial charge in [-0.25, -0.2) is 9.13 Å². The van der Waals surface area contributed by atoms with E-state index >= 15 is 0 Å². The van der Waals surface area contributed by atoms with E-state index < -0.39 is 83.5 Å². The van der Waals surface area contributed by atoms with E-state index in [1.807, 2.05) is 6.92 Å². The molecule has 0 heterocycles. The first-order valence-corrected chi connectivity index (χ1v) is 26.1. The van der Waals surface area contributed by atoms with E-state index in [4.69, 9.17) is 28.3 Å². The molecule has 1 aliphatic carbocycles. The van der Waals surface area contributed by atoms with Gasteiger partial charge in [0.1, 0.15) is 43.2 Å². The number of phosphoric ester groups is 2. The first-order chi connectivity index (χ1) is 28.5. The van der Waals surface area contributed by atoms with Crippen LogP contribution in [0.2, 0.25) is 0 Å². The molecule has 1 aliphatic rings. The van der Waals surface area contributed by atoms with Crippen molar-refractivity contribution in [1.29, 1.82) is 0 Å². The maximum atomic E-state index is 12.9. The number of thioether (sulfide) groups is 1. The highest BCUT2D eigenvalue weighted by atomic mass is 32.2. The van der Waals surface area contributed by atoms with Crippen LogP contribution in [0.25, 0.3) is 0 Å². The fourth-order valence-corrected chi connectivity index (χ4v) is 9.22. The van der Waals surface area contributed by atoms with E-state index in [0.29, 0.717) is 19.3 Å². The normalized spacial score (nSPS) is 22.3. The number of carbonyl (C=O) groups is 3. The number of carbonyl (C=O) groups excluding carboxylic acids is 3. The summed E-state index contributed by atoms with van der Waals surface area (Å²) in [6.07, 6.45) is 8.83. The monoisotopic (exact) mass is 922 g/mol. The number of hydrogen-bond donors (Lipinski definition) is 7. The van der Waals surface area contributed by atoms with E-state index in [9.17, 15) is 48.8 Å². The standard InChI is InChI=1S/C40H76O17P2S/c1-3-5-6-7-8-9-10-11-12-13-17-20-23-27-33(42)55-31(29-53-32(41)26-22-19-16-14-15-18-21-24-28-60-34(43)25-4-2)30-54-59(51,52)57-40-37(46)35(44)36(45)39(38(40)47)56-58(48,49)50/h31,35-40,44-47H,3-30H2,1-2H3,(H,51,52)(H2,48,49,50)/t31-,35+,36?,37?,38-,39-,40?/m1/s1. The summed E-state index contributed by atoms with van der Waals surface area (Å²) in [6, 6.07) is 0. The zero-order valence-corrected chi connectivity index (χ0v) is 38.5. The number of rotatable bonds is 37. The molecule has 0 spiro atoms. The highest BCUT2D eigenvalue weighted by Crippen LogP contribution is 2.49. The van der Waals surface area contributed by atoms with Gasteiger partial charge in [0.25, 0.3) is 0 Å². The molecule has 0 aromatic carbocycles. The molecular formula is C40H76O17P2S. The number of aliphatic hydroxyl groups is 4. The Labute approximate surface area is 361 Å². The molecule has 20 heteroatoms. The summed E-state index contributed by atoms with van der Waals surface area (Å²) >= 11 is 1.41. The van der Waals surface area contributed by atoms with Gasteiger partial charge in [0, 0.05) is 25.0 Å². The topological polar surface area (TPSA) is 273 Å². The summed E-state index contributed by atoms with van der Waals surface area (Å²) in [6.45, 7) is 2.83. The van der Waals surface area contributed by atoms with E-state index in [2.05, 4.69) is 11.4 Å². The largest absolute Gasteiger partial charge is 0.472 e. The zero-order chi connectivity index (χ0) is 44.8. The SMILES string of the molecule is CCCCCCCCCCCCCCCC(=O)O[C@H](COC(=O)CCCCCCCCCCSC(=O)CCC)COP(=O)(O)OC1C(O)[C@@H](O)C(O)[C@@H](OP(=O)(O)O)[C@H]1O. The Balaban J connectivity index is 2.62. The molecule has 60 heavy (non-hydrogen) atoms. The zero-order valence-electron chi connectivity index (χ0n) is 35.9. The quantitative estimate of drug-likeness (QED) is 0.0189. The lowest BCUT2D eigenvalue weighted by atomic mass is 9.85. The predicted molar refractivity (Wildman–Crippen MR) is 227 cm³/mol. The van der Waals surface area contributed by atoms with Crippen molar-refractivity contribution in [2.75, 3.05) is 19.0 Å². The minimum absolute atomic E-state index is 0.0364. The van der Waals surface area contributed by atoms with Crippen LogP contribution < -0.4 is 0 Å². The van der Waals surface area contributed by atoms with Crippen LogP contribution in [0.15, 0.2) is 0 Å². The highest BCUT2D eigenvalue weighted by molar-refractivity contribution is 8.13.